The zero-order valence-electron chi connectivity index (χ0n) is 15.0. The Morgan fingerprint density at radius 1 is 0.885 bits per heavy atom. The van der Waals surface area contributed by atoms with E-state index in [0.717, 1.165) is 11.0 Å². The summed E-state index contributed by atoms with van der Waals surface area (Å²) in [6.07, 6.45) is 4.20. The Kier molecular flexibility index (Phi) is 3.45. The van der Waals surface area contributed by atoms with Crippen LogP contribution in [0.15, 0.2) is 60.9 Å². The number of rotatable bonds is 3. The minimum atomic E-state index is -0.554. The lowest BCUT2D eigenvalue weighted by molar-refractivity contribution is -0.139. The lowest BCUT2D eigenvalue weighted by Gasteiger charge is -2.24. The maximum absolute atomic E-state index is 6.31. The maximum atomic E-state index is 6.31. The van der Waals surface area contributed by atoms with Gasteiger partial charge in [-0.25, -0.2) is 0 Å². The second kappa shape index (κ2) is 5.73. The molecule has 0 aliphatic carbocycles. The summed E-state index contributed by atoms with van der Waals surface area (Å²) >= 11 is 0. The van der Waals surface area contributed by atoms with Gasteiger partial charge in [-0.2, -0.15) is 0 Å². The number of benzene rings is 2. The highest BCUT2D eigenvalue weighted by atomic mass is 16.7. The van der Waals surface area contributed by atoms with E-state index in [1.807, 2.05) is 13.8 Å². The number of hydrogen-bond donors (Lipinski definition) is 2. The number of para-hydroxylation sites is 2. The molecule has 2 N–H and O–H groups in total. The first-order chi connectivity index (χ1) is 12.6. The number of fused-ring (bicyclic) bond motifs is 2. The average molecular weight is 346 g/mol. The molecule has 0 spiro atoms. The van der Waals surface area contributed by atoms with E-state index < -0.39 is 5.79 Å². The van der Waals surface area contributed by atoms with Crippen LogP contribution in [0.25, 0.3) is 21.8 Å². The summed E-state index contributed by atoms with van der Waals surface area (Å²) in [4.78, 5) is 6.83. The molecule has 1 atom stereocenters. The third-order valence-corrected chi connectivity index (χ3v) is 5.31. The van der Waals surface area contributed by atoms with Gasteiger partial charge in [0.1, 0.15) is 0 Å². The van der Waals surface area contributed by atoms with Crippen molar-refractivity contribution in [1.82, 2.24) is 9.97 Å². The van der Waals surface area contributed by atoms with Crippen molar-refractivity contribution >= 4 is 21.8 Å². The first kappa shape index (κ1) is 15.7. The summed E-state index contributed by atoms with van der Waals surface area (Å²) in [7, 11) is 0. The highest BCUT2D eigenvalue weighted by Crippen LogP contribution is 2.41. The second-order valence-electron chi connectivity index (χ2n) is 7.42. The minimum Gasteiger partial charge on any atom is -0.361 e. The van der Waals surface area contributed by atoms with Crippen LogP contribution in [0, 0.1) is 0 Å². The van der Waals surface area contributed by atoms with Crippen molar-refractivity contribution < 1.29 is 9.47 Å². The van der Waals surface area contributed by atoms with Crippen molar-refractivity contribution in [1.29, 1.82) is 0 Å². The number of H-pyrrole nitrogens is 2. The van der Waals surface area contributed by atoms with E-state index in [1.54, 1.807) is 0 Å². The SMILES string of the molecule is CC1(C)OC[C@H](C(c2c[nH]c3ccccc23)c2c[nH]c3ccccc23)O1. The van der Waals surface area contributed by atoms with E-state index in [0.29, 0.717) is 6.61 Å². The Hall–Kier alpha value is -2.56. The van der Waals surface area contributed by atoms with Crippen molar-refractivity contribution in [3.8, 4) is 0 Å². The third kappa shape index (κ3) is 2.45. The summed E-state index contributed by atoms with van der Waals surface area (Å²) in [5.41, 5.74) is 4.78. The molecule has 3 heterocycles. The number of aromatic nitrogens is 2. The van der Waals surface area contributed by atoms with E-state index in [-0.39, 0.29) is 12.0 Å². The van der Waals surface area contributed by atoms with Crippen molar-refractivity contribution in [3.63, 3.8) is 0 Å². The van der Waals surface area contributed by atoms with Gasteiger partial charge < -0.3 is 19.4 Å². The van der Waals surface area contributed by atoms with Crippen molar-refractivity contribution in [2.45, 2.75) is 31.7 Å². The number of ether oxygens (including phenoxy) is 2. The largest absolute Gasteiger partial charge is 0.361 e. The summed E-state index contributed by atoms with van der Waals surface area (Å²) in [6, 6.07) is 16.9. The third-order valence-electron chi connectivity index (χ3n) is 5.31. The molecule has 4 nitrogen and oxygen atoms in total. The average Bonchev–Trinajstić information content (AvgIpc) is 3.34. The Labute approximate surface area is 152 Å². The molecule has 1 aliphatic rings. The van der Waals surface area contributed by atoms with E-state index >= 15 is 0 Å². The summed E-state index contributed by atoms with van der Waals surface area (Å²) in [6.45, 7) is 4.54. The molecule has 2 aromatic carbocycles. The Morgan fingerprint density at radius 3 is 1.92 bits per heavy atom. The fraction of sp³-hybridized carbons (Fsp3) is 0.273. The van der Waals surface area contributed by atoms with Gasteiger partial charge in [-0.05, 0) is 37.1 Å². The molecule has 0 bridgehead atoms. The zero-order valence-corrected chi connectivity index (χ0v) is 15.0. The fourth-order valence-corrected chi connectivity index (χ4v) is 4.15. The topological polar surface area (TPSA) is 50.0 Å². The molecule has 1 fully saturated rings. The molecule has 26 heavy (non-hydrogen) atoms. The lowest BCUT2D eigenvalue weighted by atomic mass is 9.86. The molecule has 132 valence electrons. The van der Waals surface area contributed by atoms with Gasteiger partial charge in [-0.3, -0.25) is 0 Å². The van der Waals surface area contributed by atoms with Crippen LogP contribution in [0.1, 0.15) is 30.9 Å². The van der Waals surface area contributed by atoms with Crippen LogP contribution in [0.3, 0.4) is 0 Å². The van der Waals surface area contributed by atoms with Crippen LogP contribution in [0.5, 0.6) is 0 Å². The van der Waals surface area contributed by atoms with Gasteiger partial charge in [0.15, 0.2) is 5.79 Å². The molecular formula is C22H22N2O2. The van der Waals surface area contributed by atoms with Crippen LogP contribution >= 0.6 is 0 Å². The standard InChI is InChI=1S/C22H22N2O2/c1-22(2)25-13-20(26-22)21(16-11-23-18-9-5-3-7-14(16)18)17-12-24-19-10-6-4-8-15(17)19/h3-12,20-21,23-24H,13H2,1-2H3/t20-/m1/s1. The van der Waals surface area contributed by atoms with Crippen LogP contribution in [0.2, 0.25) is 0 Å². The van der Waals surface area contributed by atoms with Gasteiger partial charge in [0.25, 0.3) is 0 Å². The normalized spacial score (nSPS) is 19.7. The van der Waals surface area contributed by atoms with Gasteiger partial charge in [0.2, 0.25) is 0 Å². The van der Waals surface area contributed by atoms with E-state index in [1.165, 1.54) is 21.9 Å². The maximum Gasteiger partial charge on any atom is 0.163 e. The molecular weight excluding hydrogens is 324 g/mol. The highest BCUT2D eigenvalue weighted by Gasteiger charge is 2.40. The van der Waals surface area contributed by atoms with E-state index in [2.05, 4.69) is 70.9 Å². The predicted octanol–water partition coefficient (Wildman–Crippen LogP) is 4.93. The summed E-state index contributed by atoms with van der Waals surface area (Å²) < 4.78 is 12.2. The Bertz CT molecular complexity index is 1000. The van der Waals surface area contributed by atoms with Crippen molar-refractivity contribution in [2.75, 3.05) is 6.61 Å². The summed E-state index contributed by atoms with van der Waals surface area (Å²) in [5, 5.41) is 2.46. The van der Waals surface area contributed by atoms with Crippen LogP contribution in [-0.2, 0) is 9.47 Å². The van der Waals surface area contributed by atoms with Gasteiger partial charge >= 0.3 is 0 Å². The summed E-state index contributed by atoms with van der Waals surface area (Å²) in [5.74, 6) is -0.467. The molecule has 0 amide bonds. The lowest BCUT2D eigenvalue weighted by Crippen LogP contribution is -2.26. The van der Waals surface area contributed by atoms with Gasteiger partial charge in [0, 0.05) is 40.1 Å². The van der Waals surface area contributed by atoms with Crippen molar-refractivity contribution in [3.05, 3.63) is 72.1 Å². The number of nitrogens with one attached hydrogen (secondary N) is 2. The zero-order chi connectivity index (χ0) is 17.7. The molecule has 0 saturated carbocycles. The minimum absolute atomic E-state index is 0.0385. The van der Waals surface area contributed by atoms with Gasteiger partial charge in [-0.15, -0.1) is 0 Å². The smallest absolute Gasteiger partial charge is 0.163 e. The number of aromatic amines is 2. The molecule has 0 radical (unpaired) electrons. The van der Waals surface area contributed by atoms with E-state index in [4.69, 9.17) is 9.47 Å². The first-order valence-electron chi connectivity index (χ1n) is 9.06. The molecule has 1 saturated heterocycles. The molecule has 0 unspecified atom stereocenters. The monoisotopic (exact) mass is 346 g/mol. The van der Waals surface area contributed by atoms with Gasteiger partial charge in [-0.1, -0.05) is 36.4 Å². The first-order valence-corrected chi connectivity index (χ1v) is 9.06. The number of hydrogen-bond acceptors (Lipinski definition) is 2. The quantitative estimate of drug-likeness (QED) is 0.552. The van der Waals surface area contributed by atoms with Crippen LogP contribution in [0.4, 0.5) is 0 Å². The highest BCUT2D eigenvalue weighted by molar-refractivity contribution is 5.88. The molecule has 2 aromatic heterocycles. The van der Waals surface area contributed by atoms with Crippen LogP contribution < -0.4 is 0 Å². The van der Waals surface area contributed by atoms with Crippen LogP contribution in [-0.4, -0.2) is 28.5 Å². The fourth-order valence-electron chi connectivity index (χ4n) is 4.15. The Morgan fingerprint density at radius 2 is 1.42 bits per heavy atom. The molecule has 4 heteroatoms. The Balaban J connectivity index is 1.71. The molecule has 1 aliphatic heterocycles. The van der Waals surface area contributed by atoms with Crippen molar-refractivity contribution in [2.24, 2.45) is 0 Å². The predicted molar refractivity (Wildman–Crippen MR) is 103 cm³/mol. The second-order valence-corrected chi connectivity index (χ2v) is 7.42. The molecule has 4 aromatic rings. The molecule has 5 rings (SSSR count). The van der Waals surface area contributed by atoms with E-state index in [9.17, 15) is 0 Å². The van der Waals surface area contributed by atoms with Gasteiger partial charge in [0.05, 0.1) is 12.7 Å².